The Morgan fingerprint density at radius 3 is 3.11 bits per heavy atom. The molecule has 0 saturated carbocycles. The monoisotopic (exact) mass is 258 g/mol. The molecular formula is C14H18N4O. The van der Waals surface area contributed by atoms with E-state index >= 15 is 0 Å². The highest BCUT2D eigenvalue weighted by Gasteiger charge is 2.18. The maximum Gasteiger partial charge on any atom is 0.272 e. The van der Waals surface area contributed by atoms with Gasteiger partial charge >= 0.3 is 0 Å². The van der Waals surface area contributed by atoms with Gasteiger partial charge in [-0.05, 0) is 38.4 Å². The van der Waals surface area contributed by atoms with Gasteiger partial charge in [-0.1, -0.05) is 18.2 Å². The highest BCUT2D eigenvalue weighted by molar-refractivity contribution is 6.04. The lowest BCUT2D eigenvalue weighted by Crippen LogP contribution is -2.35. The molecule has 0 radical (unpaired) electrons. The molecule has 1 aromatic carbocycles. The number of rotatable bonds is 2. The van der Waals surface area contributed by atoms with Gasteiger partial charge in [-0.15, -0.1) is 0 Å². The first kappa shape index (κ1) is 12.2. The second-order valence-electron chi connectivity index (χ2n) is 4.97. The summed E-state index contributed by atoms with van der Waals surface area (Å²) in [7, 11) is 0. The Morgan fingerprint density at radius 2 is 2.16 bits per heavy atom. The molecule has 1 aliphatic heterocycles. The molecule has 1 unspecified atom stereocenters. The van der Waals surface area contributed by atoms with E-state index in [-0.39, 0.29) is 11.9 Å². The first-order valence-corrected chi connectivity index (χ1v) is 6.79. The molecule has 1 atom stereocenters. The van der Waals surface area contributed by atoms with Gasteiger partial charge in [0.05, 0.1) is 5.52 Å². The van der Waals surface area contributed by atoms with Crippen LogP contribution in [0.4, 0.5) is 0 Å². The molecule has 2 aromatic rings. The van der Waals surface area contributed by atoms with Gasteiger partial charge in [-0.3, -0.25) is 9.89 Å². The van der Waals surface area contributed by atoms with Crippen LogP contribution in [0.25, 0.3) is 10.9 Å². The van der Waals surface area contributed by atoms with Gasteiger partial charge in [0, 0.05) is 11.4 Å². The Morgan fingerprint density at radius 1 is 1.26 bits per heavy atom. The Hall–Kier alpha value is -1.88. The molecule has 1 amide bonds. The van der Waals surface area contributed by atoms with Crippen molar-refractivity contribution in [2.24, 2.45) is 0 Å². The van der Waals surface area contributed by atoms with E-state index in [1.165, 1.54) is 0 Å². The molecule has 3 rings (SSSR count). The lowest BCUT2D eigenvalue weighted by Gasteiger charge is -2.14. The second-order valence-corrected chi connectivity index (χ2v) is 4.97. The Balaban J connectivity index is 1.76. The van der Waals surface area contributed by atoms with Crippen molar-refractivity contribution in [3.8, 4) is 0 Å². The summed E-state index contributed by atoms with van der Waals surface area (Å²) in [6, 6.07) is 7.94. The number of para-hydroxylation sites is 1. The van der Waals surface area contributed by atoms with Crippen molar-refractivity contribution in [1.29, 1.82) is 0 Å². The summed E-state index contributed by atoms with van der Waals surface area (Å²) in [6.07, 6.45) is 3.11. The predicted octanol–water partition coefficient (Wildman–Crippen LogP) is 1.43. The molecule has 5 nitrogen and oxygen atoms in total. The van der Waals surface area contributed by atoms with Crippen LogP contribution in [0.15, 0.2) is 24.3 Å². The fraction of sp³-hybridized carbons (Fsp3) is 0.429. The molecule has 1 saturated heterocycles. The minimum absolute atomic E-state index is 0.0793. The van der Waals surface area contributed by atoms with E-state index in [9.17, 15) is 4.79 Å². The SMILES string of the molecule is O=C(NC1CCCNCC1)c1n[nH]c2ccccc12. The van der Waals surface area contributed by atoms with Crippen LogP contribution in [0.1, 0.15) is 29.8 Å². The van der Waals surface area contributed by atoms with E-state index in [2.05, 4.69) is 20.8 Å². The number of fused-ring (bicyclic) bond motifs is 1. The largest absolute Gasteiger partial charge is 0.348 e. The molecule has 1 fully saturated rings. The summed E-state index contributed by atoms with van der Waals surface area (Å²) in [5, 5.41) is 14.3. The van der Waals surface area contributed by atoms with E-state index in [0.717, 1.165) is 43.3 Å². The van der Waals surface area contributed by atoms with Crippen LogP contribution in [0.5, 0.6) is 0 Å². The summed E-state index contributed by atoms with van der Waals surface area (Å²) in [6.45, 7) is 2.00. The maximum absolute atomic E-state index is 12.3. The number of benzene rings is 1. The van der Waals surface area contributed by atoms with E-state index in [1.54, 1.807) is 0 Å². The van der Waals surface area contributed by atoms with E-state index < -0.39 is 0 Å². The first-order valence-electron chi connectivity index (χ1n) is 6.79. The van der Waals surface area contributed by atoms with Gasteiger partial charge in [0.1, 0.15) is 0 Å². The third-order valence-electron chi connectivity index (χ3n) is 3.60. The van der Waals surface area contributed by atoms with Crippen LogP contribution < -0.4 is 10.6 Å². The van der Waals surface area contributed by atoms with Crippen molar-refractivity contribution in [3.05, 3.63) is 30.0 Å². The minimum atomic E-state index is -0.0793. The van der Waals surface area contributed by atoms with Crippen LogP contribution in [-0.4, -0.2) is 35.2 Å². The summed E-state index contributed by atoms with van der Waals surface area (Å²) >= 11 is 0. The van der Waals surface area contributed by atoms with Crippen LogP contribution in [0, 0.1) is 0 Å². The average Bonchev–Trinajstić information content (AvgIpc) is 2.70. The zero-order valence-electron chi connectivity index (χ0n) is 10.8. The van der Waals surface area contributed by atoms with Gasteiger partial charge in [0.2, 0.25) is 0 Å². The van der Waals surface area contributed by atoms with Gasteiger partial charge in [-0.2, -0.15) is 5.10 Å². The van der Waals surface area contributed by atoms with Gasteiger partial charge in [0.15, 0.2) is 5.69 Å². The number of hydrogen-bond donors (Lipinski definition) is 3. The molecule has 2 heterocycles. The topological polar surface area (TPSA) is 69.8 Å². The van der Waals surface area contributed by atoms with Gasteiger partial charge in [-0.25, -0.2) is 0 Å². The summed E-state index contributed by atoms with van der Waals surface area (Å²) in [5.41, 5.74) is 1.39. The van der Waals surface area contributed by atoms with Gasteiger partial charge in [0.25, 0.3) is 5.91 Å². The number of H-pyrrole nitrogens is 1. The average molecular weight is 258 g/mol. The van der Waals surface area contributed by atoms with Crippen LogP contribution in [-0.2, 0) is 0 Å². The highest BCUT2D eigenvalue weighted by Crippen LogP contribution is 2.15. The number of carbonyl (C=O) groups is 1. The van der Waals surface area contributed by atoms with Crippen molar-refractivity contribution in [1.82, 2.24) is 20.8 Å². The number of amides is 1. The Bertz CT molecular complexity index is 570. The van der Waals surface area contributed by atoms with Crippen LogP contribution in [0.2, 0.25) is 0 Å². The van der Waals surface area contributed by atoms with Crippen molar-refractivity contribution < 1.29 is 4.79 Å². The quantitative estimate of drug-likeness (QED) is 0.763. The number of aromatic amines is 1. The molecule has 5 heteroatoms. The first-order chi connectivity index (χ1) is 9.34. The molecular weight excluding hydrogens is 240 g/mol. The maximum atomic E-state index is 12.3. The summed E-state index contributed by atoms with van der Waals surface area (Å²) in [5.74, 6) is -0.0793. The van der Waals surface area contributed by atoms with Crippen molar-refractivity contribution >= 4 is 16.8 Å². The fourth-order valence-corrected chi connectivity index (χ4v) is 2.55. The molecule has 100 valence electrons. The predicted molar refractivity (Wildman–Crippen MR) is 74.1 cm³/mol. The molecule has 0 aliphatic carbocycles. The smallest absolute Gasteiger partial charge is 0.272 e. The van der Waals surface area contributed by atoms with Crippen molar-refractivity contribution in [2.75, 3.05) is 13.1 Å². The third-order valence-corrected chi connectivity index (χ3v) is 3.60. The van der Waals surface area contributed by atoms with E-state index in [0.29, 0.717) is 5.69 Å². The molecule has 3 N–H and O–H groups in total. The Kier molecular flexibility index (Phi) is 3.46. The van der Waals surface area contributed by atoms with Crippen molar-refractivity contribution in [3.63, 3.8) is 0 Å². The van der Waals surface area contributed by atoms with Gasteiger partial charge < -0.3 is 10.6 Å². The number of carbonyl (C=O) groups excluding carboxylic acids is 1. The normalized spacial score (nSPS) is 20.1. The number of hydrogen-bond acceptors (Lipinski definition) is 3. The zero-order chi connectivity index (χ0) is 13.1. The molecule has 0 bridgehead atoms. The molecule has 0 spiro atoms. The van der Waals surface area contributed by atoms with Crippen LogP contribution in [0.3, 0.4) is 0 Å². The molecule has 1 aliphatic rings. The number of aromatic nitrogens is 2. The second kappa shape index (κ2) is 5.40. The van der Waals surface area contributed by atoms with Crippen molar-refractivity contribution in [2.45, 2.75) is 25.3 Å². The standard InChI is InChI=1S/C14H18N4O/c19-14(16-10-4-3-8-15-9-7-10)13-11-5-1-2-6-12(11)17-18-13/h1-2,5-6,10,15H,3-4,7-9H2,(H,16,19)(H,17,18). The molecule has 19 heavy (non-hydrogen) atoms. The zero-order valence-corrected chi connectivity index (χ0v) is 10.8. The minimum Gasteiger partial charge on any atom is -0.348 e. The lowest BCUT2D eigenvalue weighted by molar-refractivity contribution is 0.0930. The highest BCUT2D eigenvalue weighted by atomic mass is 16.2. The third kappa shape index (κ3) is 2.61. The number of nitrogens with one attached hydrogen (secondary N) is 3. The van der Waals surface area contributed by atoms with E-state index in [1.807, 2.05) is 24.3 Å². The summed E-state index contributed by atoms with van der Waals surface area (Å²) in [4.78, 5) is 12.3. The number of nitrogens with zero attached hydrogens (tertiary/aromatic N) is 1. The van der Waals surface area contributed by atoms with E-state index in [4.69, 9.17) is 0 Å². The summed E-state index contributed by atoms with van der Waals surface area (Å²) < 4.78 is 0. The lowest BCUT2D eigenvalue weighted by atomic mass is 10.1. The Labute approximate surface area is 111 Å². The fourth-order valence-electron chi connectivity index (χ4n) is 2.55. The van der Waals surface area contributed by atoms with Crippen LogP contribution >= 0.6 is 0 Å². The molecule has 1 aromatic heterocycles.